The van der Waals surface area contributed by atoms with Crippen molar-refractivity contribution in [2.45, 2.75) is 66.3 Å². The van der Waals surface area contributed by atoms with E-state index in [2.05, 4.69) is 44.6 Å². The summed E-state index contributed by atoms with van der Waals surface area (Å²) >= 11 is 0. The molecule has 0 saturated heterocycles. The van der Waals surface area contributed by atoms with Crippen LogP contribution in [0.4, 0.5) is 31.5 Å². The molecule has 2 aliphatic carbocycles. The van der Waals surface area contributed by atoms with E-state index in [1.807, 2.05) is 86.6 Å². The lowest BCUT2D eigenvalue weighted by molar-refractivity contribution is 0.0903. The summed E-state index contributed by atoms with van der Waals surface area (Å²) in [6.07, 6.45) is 6.88. The fraction of sp³-hybridized carbons (Fsp3) is 0.273. The molecule has 0 bridgehead atoms. The van der Waals surface area contributed by atoms with Crippen LogP contribution in [0.2, 0.25) is 0 Å². The maximum atomic E-state index is 13.6. The van der Waals surface area contributed by atoms with Gasteiger partial charge in [-0.2, -0.15) is 0 Å². The fourth-order valence-corrected chi connectivity index (χ4v) is 7.82. The third-order valence-corrected chi connectivity index (χ3v) is 10.1. The van der Waals surface area contributed by atoms with Gasteiger partial charge in [-0.05, 0) is 78.6 Å². The molecule has 2 aliphatic rings. The van der Waals surface area contributed by atoms with Crippen LogP contribution in [0, 0.1) is 10.8 Å². The summed E-state index contributed by atoms with van der Waals surface area (Å²) < 4.78 is 28.8. The number of nitrogens with zero attached hydrogens (tertiary/aromatic N) is 4. The number of Topliss-reactive ketones (excluding diaryl/α,β-unsaturated/α-hetero) is 1. The predicted octanol–water partition coefficient (Wildman–Crippen LogP) is 10.7. The van der Waals surface area contributed by atoms with E-state index < -0.39 is 13.0 Å². The maximum Gasteiger partial charge on any atom is 0.256 e. The molecule has 55 heavy (non-hydrogen) atoms. The second kappa shape index (κ2) is 15.3. The smallest absolute Gasteiger partial charge is 0.256 e. The number of rotatable bonds is 8. The Hall–Kier alpha value is -6.10. The zero-order valence-corrected chi connectivity index (χ0v) is 31.4. The lowest BCUT2D eigenvalue weighted by Crippen LogP contribution is -2.29. The van der Waals surface area contributed by atoms with E-state index in [1.165, 1.54) is 0 Å². The summed E-state index contributed by atoms with van der Waals surface area (Å²) in [6, 6.07) is 27.0. The number of hydrogen-bond acceptors (Lipinski definition) is 7. The number of nitrogens with one attached hydrogen (secondary N) is 3. The molecule has 4 N–H and O–H groups in total. The average Bonchev–Trinajstić information content (AvgIpc) is 3.66. The molecule has 0 amide bonds. The van der Waals surface area contributed by atoms with Gasteiger partial charge in [0.25, 0.3) is 6.43 Å². The molecular formula is C44H45F2N7O2. The third-order valence-electron chi connectivity index (χ3n) is 10.1. The fourth-order valence-electron chi connectivity index (χ4n) is 7.82. The van der Waals surface area contributed by atoms with Gasteiger partial charge in [-0.15, -0.1) is 0 Å². The Morgan fingerprint density at radius 1 is 0.745 bits per heavy atom. The van der Waals surface area contributed by atoms with Crippen molar-refractivity contribution in [1.29, 1.82) is 0 Å². The number of pyridine rings is 2. The highest BCUT2D eigenvalue weighted by molar-refractivity contribution is 6.10. The summed E-state index contributed by atoms with van der Waals surface area (Å²) in [5.41, 5.74) is 10.5. The third kappa shape index (κ3) is 8.06. The number of benzene rings is 2. The average molecular weight is 742 g/mol. The van der Waals surface area contributed by atoms with E-state index in [9.17, 15) is 18.8 Å². The van der Waals surface area contributed by atoms with Crippen LogP contribution in [0.25, 0.3) is 22.5 Å². The Morgan fingerprint density at radius 2 is 1.29 bits per heavy atom. The van der Waals surface area contributed by atoms with E-state index in [1.54, 1.807) is 41.5 Å². The quantitative estimate of drug-likeness (QED) is 0.0910. The molecule has 0 fully saturated rings. The van der Waals surface area contributed by atoms with Crippen LogP contribution < -0.4 is 10.6 Å². The lowest BCUT2D eigenvalue weighted by atomic mass is 9.75. The van der Waals surface area contributed by atoms with Gasteiger partial charge in [0.15, 0.2) is 5.78 Å². The summed E-state index contributed by atoms with van der Waals surface area (Å²) in [5, 5.41) is 20.2. The molecule has 11 heteroatoms. The van der Waals surface area contributed by atoms with Crippen LogP contribution in [0.15, 0.2) is 115 Å². The number of fused-ring (bicyclic) bond motifs is 2. The number of anilines is 4. The van der Waals surface area contributed by atoms with Crippen molar-refractivity contribution in [1.82, 2.24) is 19.5 Å². The van der Waals surface area contributed by atoms with Crippen molar-refractivity contribution in [3.63, 3.8) is 0 Å². The van der Waals surface area contributed by atoms with E-state index in [0.29, 0.717) is 41.2 Å². The molecule has 8 rings (SSSR count). The highest BCUT2D eigenvalue weighted by Gasteiger charge is 2.39. The summed E-state index contributed by atoms with van der Waals surface area (Å²) in [4.78, 5) is 24.9. The molecule has 2 aromatic carbocycles. The normalized spacial score (nSPS) is 16.2. The summed E-state index contributed by atoms with van der Waals surface area (Å²) in [5.74, 6) is -0.0157. The van der Waals surface area contributed by atoms with E-state index in [-0.39, 0.29) is 16.6 Å². The van der Waals surface area contributed by atoms with Crippen molar-refractivity contribution >= 4 is 34.2 Å². The lowest BCUT2D eigenvalue weighted by Gasteiger charge is -2.30. The van der Waals surface area contributed by atoms with Gasteiger partial charge in [0.1, 0.15) is 0 Å². The number of oxime groups is 1. The van der Waals surface area contributed by atoms with Gasteiger partial charge < -0.3 is 25.4 Å². The molecule has 0 radical (unpaired) electrons. The second-order valence-electron chi connectivity index (χ2n) is 15.7. The largest absolute Gasteiger partial charge is 0.411 e. The molecule has 0 saturated carbocycles. The molecule has 0 atom stereocenters. The number of alkyl halides is 2. The summed E-state index contributed by atoms with van der Waals surface area (Å²) in [6.45, 7) is 7.94. The number of H-pyrrole nitrogens is 1. The van der Waals surface area contributed by atoms with E-state index in [0.717, 1.165) is 58.0 Å². The van der Waals surface area contributed by atoms with Crippen LogP contribution in [-0.2, 0) is 19.4 Å². The van der Waals surface area contributed by atoms with Gasteiger partial charge in [0, 0.05) is 70.7 Å². The van der Waals surface area contributed by atoms with Crippen molar-refractivity contribution < 1.29 is 18.8 Å². The molecule has 282 valence electrons. The minimum absolute atomic E-state index is 0.0157. The maximum absolute atomic E-state index is 13.6. The van der Waals surface area contributed by atoms with Crippen LogP contribution in [-0.4, -0.2) is 42.6 Å². The molecular weight excluding hydrogens is 697 g/mol. The Kier molecular flexibility index (Phi) is 10.4. The van der Waals surface area contributed by atoms with Crippen molar-refractivity contribution in [3.8, 4) is 22.5 Å². The minimum Gasteiger partial charge on any atom is -0.411 e. The molecule has 0 aliphatic heterocycles. The standard InChI is InChI=1S/C23H23F2N3O.C21H22N4O/c1-23(2)12-17-20(18(29)13-23)21(27-16-6-4-3-5-7-16)22(28(17)14-19(24)25)15-8-10-26-11-9-15;1-21(2)12-16-18(17(13-21)25-26)20(23-15-6-4-3-5-7-15)19(24-16)14-8-10-22-11-9-14/h3-11,19,27H,12-14H2,1-2H3;3-11,23-24,26H,12-13H2,1-2H3/b;25-17-. The zero-order valence-electron chi connectivity index (χ0n) is 31.4. The number of halogens is 2. The molecule has 9 nitrogen and oxygen atoms in total. The number of carbonyl (C=O) groups excluding carboxylic acids is 1. The number of para-hydroxylation sites is 2. The first kappa shape index (κ1) is 37.2. The number of aromatic nitrogens is 4. The topological polar surface area (TPSA) is 120 Å². The second-order valence-corrected chi connectivity index (χ2v) is 15.7. The van der Waals surface area contributed by atoms with Gasteiger partial charge in [0.2, 0.25) is 0 Å². The Morgan fingerprint density at radius 3 is 1.85 bits per heavy atom. The van der Waals surface area contributed by atoms with Gasteiger partial charge in [-0.1, -0.05) is 69.2 Å². The van der Waals surface area contributed by atoms with E-state index in [4.69, 9.17) is 0 Å². The van der Waals surface area contributed by atoms with Crippen LogP contribution in [0.3, 0.4) is 0 Å². The van der Waals surface area contributed by atoms with Crippen molar-refractivity contribution in [2.24, 2.45) is 16.0 Å². The predicted molar refractivity (Wildman–Crippen MR) is 214 cm³/mol. The van der Waals surface area contributed by atoms with Crippen molar-refractivity contribution in [2.75, 3.05) is 10.6 Å². The van der Waals surface area contributed by atoms with Gasteiger partial charge in [-0.3, -0.25) is 14.8 Å². The molecule has 0 spiro atoms. The van der Waals surface area contributed by atoms with Crippen LogP contribution in [0.1, 0.15) is 67.8 Å². The van der Waals surface area contributed by atoms with Crippen molar-refractivity contribution in [3.05, 3.63) is 132 Å². The molecule has 4 heterocycles. The van der Waals surface area contributed by atoms with Gasteiger partial charge in [0.05, 0.1) is 40.6 Å². The molecule has 0 unspecified atom stereocenters. The first-order chi connectivity index (χ1) is 26.4. The van der Waals surface area contributed by atoms with Crippen LogP contribution in [0.5, 0.6) is 0 Å². The van der Waals surface area contributed by atoms with Crippen LogP contribution >= 0.6 is 0 Å². The Bertz CT molecular complexity index is 2300. The Labute approximate surface area is 319 Å². The number of aromatic amines is 1. The van der Waals surface area contributed by atoms with Gasteiger partial charge in [-0.25, -0.2) is 8.78 Å². The first-order valence-electron chi connectivity index (χ1n) is 18.4. The first-order valence-corrected chi connectivity index (χ1v) is 18.4. The monoisotopic (exact) mass is 741 g/mol. The number of hydrogen-bond donors (Lipinski definition) is 4. The van der Waals surface area contributed by atoms with Gasteiger partial charge >= 0.3 is 0 Å². The van der Waals surface area contributed by atoms with E-state index >= 15 is 0 Å². The summed E-state index contributed by atoms with van der Waals surface area (Å²) in [7, 11) is 0. The number of carbonyl (C=O) groups is 1. The number of ketones is 1. The minimum atomic E-state index is -2.53. The molecule has 4 aromatic heterocycles. The highest BCUT2D eigenvalue weighted by atomic mass is 19.3. The zero-order chi connectivity index (χ0) is 38.7. The molecule has 6 aromatic rings. The highest BCUT2D eigenvalue weighted by Crippen LogP contribution is 2.46. The Balaban J connectivity index is 0.000000170. The SMILES string of the molecule is CC1(C)C/C(=N/O)c2c([nH]c(-c3ccncc3)c2Nc2ccccc2)C1.CC1(C)CC(=O)c2c(Nc3ccccc3)c(-c3ccncc3)n(CC(F)F)c2C1.